The summed E-state index contributed by atoms with van der Waals surface area (Å²) in [5.74, 6) is 0.638. The van der Waals surface area contributed by atoms with Crippen molar-refractivity contribution in [1.82, 2.24) is 4.98 Å². The molecule has 20 heavy (non-hydrogen) atoms. The van der Waals surface area contributed by atoms with Gasteiger partial charge in [0.25, 0.3) is 5.91 Å². The van der Waals surface area contributed by atoms with Gasteiger partial charge in [0.1, 0.15) is 5.82 Å². The maximum absolute atomic E-state index is 12.1. The normalized spacial score (nSPS) is 10.2. The number of amides is 1. The minimum absolute atomic E-state index is 0.198. The van der Waals surface area contributed by atoms with Gasteiger partial charge < -0.3 is 16.0 Å². The Morgan fingerprint density at radius 3 is 2.55 bits per heavy atom. The first-order chi connectivity index (χ1) is 9.47. The van der Waals surface area contributed by atoms with Gasteiger partial charge in [-0.05, 0) is 36.8 Å². The molecule has 2 rings (SSSR count). The van der Waals surface area contributed by atoms with Crippen LogP contribution in [-0.4, -0.2) is 25.0 Å². The van der Waals surface area contributed by atoms with Crippen LogP contribution in [0.15, 0.2) is 36.5 Å². The van der Waals surface area contributed by atoms with Gasteiger partial charge in [0.05, 0.1) is 11.9 Å². The molecule has 1 amide bonds. The molecule has 1 aromatic carbocycles. The van der Waals surface area contributed by atoms with E-state index in [2.05, 4.69) is 10.3 Å². The summed E-state index contributed by atoms with van der Waals surface area (Å²) in [5.41, 5.74) is 8.56. The molecule has 0 unspecified atom stereocenters. The molecule has 0 bridgehead atoms. The van der Waals surface area contributed by atoms with Crippen LogP contribution in [0, 0.1) is 6.92 Å². The van der Waals surface area contributed by atoms with E-state index in [9.17, 15) is 4.79 Å². The van der Waals surface area contributed by atoms with Gasteiger partial charge in [0.2, 0.25) is 0 Å². The molecule has 0 saturated carbocycles. The molecule has 104 valence electrons. The Labute approximate surface area is 118 Å². The van der Waals surface area contributed by atoms with Crippen LogP contribution in [0.5, 0.6) is 0 Å². The molecule has 3 N–H and O–H groups in total. The number of nitrogens with one attached hydrogen (secondary N) is 1. The van der Waals surface area contributed by atoms with Crippen LogP contribution in [0.3, 0.4) is 0 Å². The van der Waals surface area contributed by atoms with Gasteiger partial charge in [0.15, 0.2) is 0 Å². The lowest BCUT2D eigenvalue weighted by atomic mass is 10.1. The summed E-state index contributed by atoms with van der Waals surface area (Å²) in [6, 6.07) is 8.92. The number of nitrogens with two attached hydrogens (primary N) is 1. The number of carbonyl (C=O) groups is 1. The molecule has 5 nitrogen and oxygen atoms in total. The van der Waals surface area contributed by atoms with Crippen molar-refractivity contribution in [3.05, 3.63) is 47.7 Å². The number of hydrogen-bond donors (Lipinski definition) is 2. The van der Waals surface area contributed by atoms with Gasteiger partial charge in [-0.15, -0.1) is 0 Å². The summed E-state index contributed by atoms with van der Waals surface area (Å²) < 4.78 is 0. The molecule has 2 aromatic rings. The SMILES string of the molecule is Cc1ccc(C(=O)Nc2ccc(N(C)C)nc2)cc1N. The van der Waals surface area contributed by atoms with Gasteiger partial charge in [-0.1, -0.05) is 6.07 Å². The van der Waals surface area contributed by atoms with E-state index in [0.29, 0.717) is 16.9 Å². The minimum atomic E-state index is -0.198. The highest BCUT2D eigenvalue weighted by Crippen LogP contribution is 2.16. The summed E-state index contributed by atoms with van der Waals surface area (Å²) >= 11 is 0. The first-order valence-electron chi connectivity index (χ1n) is 6.28. The zero-order valence-electron chi connectivity index (χ0n) is 11.8. The van der Waals surface area contributed by atoms with Crippen molar-refractivity contribution in [1.29, 1.82) is 0 Å². The van der Waals surface area contributed by atoms with Crippen LogP contribution in [0.1, 0.15) is 15.9 Å². The minimum Gasteiger partial charge on any atom is -0.398 e. The first kappa shape index (κ1) is 13.9. The Balaban J connectivity index is 2.12. The Kier molecular flexibility index (Phi) is 3.89. The fourth-order valence-electron chi connectivity index (χ4n) is 1.71. The van der Waals surface area contributed by atoms with Crippen LogP contribution in [0.2, 0.25) is 0 Å². The molecule has 5 heteroatoms. The van der Waals surface area contributed by atoms with Crippen molar-refractivity contribution < 1.29 is 4.79 Å². The molecule has 0 spiro atoms. The number of benzene rings is 1. The zero-order chi connectivity index (χ0) is 14.7. The van der Waals surface area contributed by atoms with Crippen LogP contribution >= 0.6 is 0 Å². The number of nitrogen functional groups attached to an aromatic ring is 1. The molecule has 0 fully saturated rings. The van der Waals surface area contributed by atoms with E-state index in [1.54, 1.807) is 18.3 Å². The molecule has 0 aliphatic carbocycles. The second kappa shape index (κ2) is 5.61. The molecular formula is C15H18N4O. The highest BCUT2D eigenvalue weighted by molar-refractivity contribution is 6.04. The fourth-order valence-corrected chi connectivity index (χ4v) is 1.71. The highest BCUT2D eigenvalue weighted by atomic mass is 16.1. The molecule has 0 aliphatic rings. The number of anilines is 3. The van der Waals surface area contributed by atoms with Crippen LogP contribution in [-0.2, 0) is 0 Å². The Bertz CT molecular complexity index is 620. The summed E-state index contributed by atoms with van der Waals surface area (Å²) in [7, 11) is 3.82. The largest absolute Gasteiger partial charge is 0.398 e. The summed E-state index contributed by atoms with van der Waals surface area (Å²) in [6.45, 7) is 1.90. The fraction of sp³-hybridized carbons (Fsp3) is 0.200. The van der Waals surface area contributed by atoms with E-state index in [1.807, 2.05) is 44.1 Å². The first-order valence-corrected chi connectivity index (χ1v) is 6.28. The van der Waals surface area contributed by atoms with E-state index < -0.39 is 0 Å². The van der Waals surface area contributed by atoms with E-state index in [1.165, 1.54) is 0 Å². The van der Waals surface area contributed by atoms with E-state index in [-0.39, 0.29) is 5.91 Å². The number of nitrogens with zero attached hydrogens (tertiary/aromatic N) is 2. The molecule has 1 heterocycles. The van der Waals surface area contributed by atoms with E-state index in [0.717, 1.165) is 11.4 Å². The van der Waals surface area contributed by atoms with Gasteiger partial charge >= 0.3 is 0 Å². The van der Waals surface area contributed by atoms with Crippen molar-refractivity contribution in [2.75, 3.05) is 30.0 Å². The molecule has 0 aliphatic heterocycles. The number of aryl methyl sites for hydroxylation is 1. The van der Waals surface area contributed by atoms with Gasteiger partial charge in [-0.3, -0.25) is 4.79 Å². The predicted molar refractivity (Wildman–Crippen MR) is 82.1 cm³/mol. The van der Waals surface area contributed by atoms with Gasteiger partial charge in [-0.25, -0.2) is 4.98 Å². The Morgan fingerprint density at radius 1 is 1.25 bits per heavy atom. The predicted octanol–water partition coefficient (Wildman–Crippen LogP) is 2.29. The summed E-state index contributed by atoms with van der Waals surface area (Å²) in [6.07, 6.45) is 1.63. The monoisotopic (exact) mass is 270 g/mol. The molecule has 0 saturated heterocycles. The molecule has 1 aromatic heterocycles. The number of aromatic nitrogens is 1. The summed E-state index contributed by atoms with van der Waals surface area (Å²) in [5, 5.41) is 2.80. The van der Waals surface area contributed by atoms with E-state index >= 15 is 0 Å². The Hall–Kier alpha value is -2.56. The standard InChI is InChI=1S/C15H18N4O/c1-10-4-5-11(8-13(10)16)15(20)18-12-6-7-14(17-9-12)19(2)3/h4-9H,16H2,1-3H3,(H,18,20). The number of hydrogen-bond acceptors (Lipinski definition) is 4. The third-order valence-corrected chi connectivity index (χ3v) is 3.01. The van der Waals surface area contributed by atoms with Crippen molar-refractivity contribution >= 4 is 23.1 Å². The number of pyridine rings is 1. The second-order valence-electron chi connectivity index (χ2n) is 4.82. The second-order valence-corrected chi connectivity index (χ2v) is 4.82. The quantitative estimate of drug-likeness (QED) is 0.839. The van der Waals surface area contributed by atoms with Crippen molar-refractivity contribution in [3.63, 3.8) is 0 Å². The zero-order valence-corrected chi connectivity index (χ0v) is 11.8. The van der Waals surface area contributed by atoms with Crippen molar-refractivity contribution in [2.45, 2.75) is 6.92 Å². The lowest BCUT2D eigenvalue weighted by Crippen LogP contribution is -2.14. The number of rotatable bonds is 3. The molecule has 0 radical (unpaired) electrons. The summed E-state index contributed by atoms with van der Waals surface area (Å²) in [4.78, 5) is 18.2. The smallest absolute Gasteiger partial charge is 0.255 e. The third-order valence-electron chi connectivity index (χ3n) is 3.01. The van der Waals surface area contributed by atoms with Gasteiger partial charge in [0, 0.05) is 25.3 Å². The molecular weight excluding hydrogens is 252 g/mol. The average Bonchev–Trinajstić information content (AvgIpc) is 2.42. The number of carbonyl (C=O) groups excluding carboxylic acids is 1. The third kappa shape index (κ3) is 3.06. The van der Waals surface area contributed by atoms with E-state index in [4.69, 9.17) is 5.73 Å². The average molecular weight is 270 g/mol. The maximum atomic E-state index is 12.1. The lowest BCUT2D eigenvalue weighted by Gasteiger charge is -2.12. The topological polar surface area (TPSA) is 71.2 Å². The van der Waals surface area contributed by atoms with Crippen molar-refractivity contribution in [3.8, 4) is 0 Å². The van der Waals surface area contributed by atoms with Crippen molar-refractivity contribution in [2.24, 2.45) is 0 Å². The van der Waals surface area contributed by atoms with Crippen LogP contribution in [0.25, 0.3) is 0 Å². The lowest BCUT2D eigenvalue weighted by molar-refractivity contribution is 0.102. The highest BCUT2D eigenvalue weighted by Gasteiger charge is 2.08. The molecule has 0 atom stereocenters. The van der Waals surface area contributed by atoms with Gasteiger partial charge in [-0.2, -0.15) is 0 Å². The Morgan fingerprint density at radius 2 is 2.00 bits per heavy atom. The maximum Gasteiger partial charge on any atom is 0.255 e. The van der Waals surface area contributed by atoms with Crippen LogP contribution in [0.4, 0.5) is 17.2 Å². The van der Waals surface area contributed by atoms with Crippen LogP contribution < -0.4 is 16.0 Å².